The van der Waals surface area contributed by atoms with E-state index in [-0.39, 0.29) is 5.56 Å². The molecule has 0 aliphatic heterocycles. The van der Waals surface area contributed by atoms with Gasteiger partial charge in [0.25, 0.3) is 0 Å². The summed E-state index contributed by atoms with van der Waals surface area (Å²) < 4.78 is 10.8. The van der Waals surface area contributed by atoms with E-state index >= 15 is 0 Å². The second-order valence-corrected chi connectivity index (χ2v) is 4.65. The number of hydrogen-bond acceptors (Lipinski definition) is 4. The van der Waals surface area contributed by atoms with Crippen molar-refractivity contribution in [1.29, 1.82) is 0 Å². The lowest BCUT2D eigenvalue weighted by Crippen LogP contribution is -2.02. The minimum atomic E-state index is -0.928. The molecule has 0 spiro atoms. The summed E-state index contributed by atoms with van der Waals surface area (Å²) in [7, 11) is 1.61. The number of nitrogens with one attached hydrogen (secondary N) is 1. The molecule has 0 radical (unpaired) electrons. The van der Waals surface area contributed by atoms with Crippen molar-refractivity contribution in [2.45, 2.75) is 13.5 Å². The fourth-order valence-corrected chi connectivity index (χ4v) is 2.03. The van der Waals surface area contributed by atoms with Gasteiger partial charge in [-0.05, 0) is 48.9 Å². The van der Waals surface area contributed by atoms with Crippen molar-refractivity contribution in [3.8, 4) is 11.5 Å². The molecule has 5 nitrogen and oxygen atoms in total. The normalized spacial score (nSPS) is 10.1. The van der Waals surface area contributed by atoms with E-state index in [9.17, 15) is 4.79 Å². The van der Waals surface area contributed by atoms with Crippen LogP contribution in [-0.2, 0) is 6.54 Å². The zero-order valence-electron chi connectivity index (χ0n) is 12.6. The number of hydrogen-bond donors (Lipinski definition) is 2. The van der Waals surface area contributed by atoms with Crippen LogP contribution in [0.15, 0.2) is 42.5 Å². The van der Waals surface area contributed by atoms with Gasteiger partial charge in [0.1, 0.15) is 0 Å². The number of carboxylic acids is 1. The van der Waals surface area contributed by atoms with Crippen LogP contribution in [0.1, 0.15) is 22.8 Å². The monoisotopic (exact) mass is 301 g/mol. The Morgan fingerprint density at radius 3 is 2.45 bits per heavy atom. The first-order valence-electron chi connectivity index (χ1n) is 7.01. The van der Waals surface area contributed by atoms with Crippen molar-refractivity contribution in [2.75, 3.05) is 19.0 Å². The van der Waals surface area contributed by atoms with Gasteiger partial charge in [-0.15, -0.1) is 0 Å². The summed E-state index contributed by atoms with van der Waals surface area (Å²) in [4.78, 5) is 10.8. The molecule has 0 aliphatic carbocycles. The maximum atomic E-state index is 10.8. The highest BCUT2D eigenvalue weighted by molar-refractivity contribution is 5.87. The Labute approximate surface area is 129 Å². The van der Waals surface area contributed by atoms with Crippen molar-refractivity contribution in [3.63, 3.8) is 0 Å². The highest BCUT2D eigenvalue weighted by Crippen LogP contribution is 2.28. The molecule has 0 aromatic heterocycles. The Morgan fingerprint density at radius 2 is 1.86 bits per heavy atom. The van der Waals surface area contributed by atoms with Crippen LogP contribution in [0.2, 0.25) is 0 Å². The van der Waals surface area contributed by atoms with Gasteiger partial charge >= 0.3 is 5.97 Å². The molecule has 0 saturated carbocycles. The maximum absolute atomic E-state index is 10.8. The number of anilines is 1. The third-order valence-corrected chi connectivity index (χ3v) is 3.16. The molecule has 0 unspecified atom stereocenters. The average molecular weight is 301 g/mol. The SMILES string of the molecule is CCOc1cc(CNc2ccc(C(=O)O)cc2)ccc1OC. The number of carboxylic acid groups (broad SMARTS) is 1. The molecule has 0 amide bonds. The zero-order valence-corrected chi connectivity index (χ0v) is 12.6. The van der Waals surface area contributed by atoms with Crippen LogP contribution in [0.3, 0.4) is 0 Å². The Kier molecular flexibility index (Phi) is 5.25. The largest absolute Gasteiger partial charge is 0.493 e. The Balaban J connectivity index is 2.04. The third-order valence-electron chi connectivity index (χ3n) is 3.16. The first-order chi connectivity index (χ1) is 10.6. The maximum Gasteiger partial charge on any atom is 0.335 e. The molecule has 2 N–H and O–H groups in total. The average Bonchev–Trinajstić information content (AvgIpc) is 2.54. The summed E-state index contributed by atoms with van der Waals surface area (Å²) in [5.74, 6) is 0.491. The summed E-state index contributed by atoms with van der Waals surface area (Å²) in [6, 6.07) is 12.4. The van der Waals surface area contributed by atoms with Crippen molar-refractivity contribution >= 4 is 11.7 Å². The zero-order chi connectivity index (χ0) is 15.9. The number of aromatic carboxylic acids is 1. The number of ether oxygens (including phenoxy) is 2. The molecule has 0 heterocycles. The van der Waals surface area contributed by atoms with Crippen LogP contribution in [0.25, 0.3) is 0 Å². The van der Waals surface area contributed by atoms with E-state index in [4.69, 9.17) is 14.6 Å². The Bertz CT molecular complexity index is 638. The van der Waals surface area contributed by atoms with Gasteiger partial charge in [0, 0.05) is 12.2 Å². The summed E-state index contributed by atoms with van der Waals surface area (Å²) in [6.07, 6.45) is 0. The van der Waals surface area contributed by atoms with E-state index < -0.39 is 5.97 Å². The molecule has 5 heteroatoms. The van der Waals surface area contributed by atoms with E-state index in [0.29, 0.717) is 24.7 Å². The fraction of sp³-hybridized carbons (Fsp3) is 0.235. The molecule has 2 aromatic rings. The highest BCUT2D eigenvalue weighted by Gasteiger charge is 2.06. The van der Waals surface area contributed by atoms with E-state index in [2.05, 4.69) is 5.32 Å². The lowest BCUT2D eigenvalue weighted by atomic mass is 10.1. The van der Waals surface area contributed by atoms with Crippen LogP contribution in [0.4, 0.5) is 5.69 Å². The predicted molar refractivity (Wildman–Crippen MR) is 84.9 cm³/mol. The number of methoxy groups -OCH3 is 1. The van der Waals surface area contributed by atoms with Gasteiger partial charge in [0.05, 0.1) is 19.3 Å². The van der Waals surface area contributed by atoms with Gasteiger partial charge in [-0.1, -0.05) is 6.07 Å². The lowest BCUT2D eigenvalue weighted by molar-refractivity contribution is 0.0697. The molecule has 0 aliphatic rings. The molecule has 0 bridgehead atoms. The van der Waals surface area contributed by atoms with E-state index in [1.807, 2.05) is 25.1 Å². The first kappa shape index (κ1) is 15.7. The molecule has 0 fully saturated rings. The first-order valence-corrected chi connectivity index (χ1v) is 7.01. The van der Waals surface area contributed by atoms with Gasteiger partial charge in [0.2, 0.25) is 0 Å². The fourth-order valence-electron chi connectivity index (χ4n) is 2.03. The Hall–Kier alpha value is -2.69. The number of benzene rings is 2. The lowest BCUT2D eigenvalue weighted by Gasteiger charge is -2.12. The Morgan fingerprint density at radius 1 is 1.14 bits per heavy atom. The van der Waals surface area contributed by atoms with Crippen LogP contribution >= 0.6 is 0 Å². The molecular weight excluding hydrogens is 282 g/mol. The second kappa shape index (κ2) is 7.36. The van der Waals surface area contributed by atoms with Gasteiger partial charge in [-0.3, -0.25) is 0 Å². The molecule has 116 valence electrons. The molecule has 0 saturated heterocycles. The summed E-state index contributed by atoms with van der Waals surface area (Å²) in [5.41, 5.74) is 2.18. The molecule has 2 rings (SSSR count). The second-order valence-electron chi connectivity index (χ2n) is 4.65. The predicted octanol–water partition coefficient (Wildman–Crippen LogP) is 3.40. The highest BCUT2D eigenvalue weighted by atomic mass is 16.5. The molecule has 0 atom stereocenters. The quantitative estimate of drug-likeness (QED) is 0.820. The minimum absolute atomic E-state index is 0.272. The van der Waals surface area contributed by atoms with E-state index in [1.54, 1.807) is 31.4 Å². The van der Waals surface area contributed by atoms with E-state index in [0.717, 1.165) is 11.3 Å². The number of rotatable bonds is 7. The van der Waals surface area contributed by atoms with E-state index in [1.165, 1.54) is 0 Å². The summed E-state index contributed by atoms with van der Waals surface area (Å²) in [6.45, 7) is 3.11. The van der Waals surface area contributed by atoms with Gasteiger partial charge < -0.3 is 19.9 Å². The minimum Gasteiger partial charge on any atom is -0.493 e. The van der Waals surface area contributed by atoms with Gasteiger partial charge in [-0.2, -0.15) is 0 Å². The van der Waals surface area contributed by atoms with Crippen molar-refractivity contribution < 1.29 is 19.4 Å². The standard InChI is InChI=1S/C17H19NO4/c1-3-22-16-10-12(4-9-15(16)21-2)11-18-14-7-5-13(6-8-14)17(19)20/h4-10,18H,3,11H2,1-2H3,(H,19,20). The van der Waals surface area contributed by atoms with Crippen molar-refractivity contribution in [2.24, 2.45) is 0 Å². The molecule has 2 aromatic carbocycles. The van der Waals surface area contributed by atoms with Gasteiger partial charge in [0.15, 0.2) is 11.5 Å². The molecular formula is C17H19NO4. The summed E-state index contributed by atoms with van der Waals surface area (Å²) in [5, 5.41) is 12.1. The van der Waals surface area contributed by atoms with Crippen molar-refractivity contribution in [1.82, 2.24) is 0 Å². The van der Waals surface area contributed by atoms with Crippen LogP contribution in [0, 0.1) is 0 Å². The molecule has 22 heavy (non-hydrogen) atoms. The van der Waals surface area contributed by atoms with Gasteiger partial charge in [-0.25, -0.2) is 4.79 Å². The number of carbonyl (C=O) groups is 1. The topological polar surface area (TPSA) is 67.8 Å². The summed E-state index contributed by atoms with van der Waals surface area (Å²) >= 11 is 0. The van der Waals surface area contributed by atoms with Crippen LogP contribution in [0.5, 0.6) is 11.5 Å². The van der Waals surface area contributed by atoms with Crippen LogP contribution in [-0.4, -0.2) is 24.8 Å². The van der Waals surface area contributed by atoms with Crippen LogP contribution < -0.4 is 14.8 Å². The third kappa shape index (κ3) is 3.91. The van der Waals surface area contributed by atoms with Crippen molar-refractivity contribution in [3.05, 3.63) is 53.6 Å². The smallest absolute Gasteiger partial charge is 0.335 e.